The largest absolute Gasteiger partial charge is 0.469 e. The van der Waals surface area contributed by atoms with Crippen LogP contribution in [0.1, 0.15) is 13.3 Å². The van der Waals surface area contributed by atoms with E-state index in [1.54, 1.807) is 6.92 Å². The van der Waals surface area contributed by atoms with Gasteiger partial charge in [0.15, 0.2) is 0 Å². The molecular weight excluding hydrogens is 252 g/mol. The lowest BCUT2D eigenvalue weighted by molar-refractivity contribution is -0.140. The lowest BCUT2D eigenvalue weighted by Crippen LogP contribution is -2.43. The first kappa shape index (κ1) is 15.3. The lowest BCUT2D eigenvalue weighted by atomic mass is 10.3. The van der Waals surface area contributed by atoms with Crippen LogP contribution in [0.25, 0.3) is 0 Å². The number of likely N-dealkylation sites (N-methyl/N-ethyl adjacent to an activating group) is 1. The quantitative estimate of drug-likeness (QED) is 0.515. The number of carbonyl (C=O) groups is 1. The van der Waals surface area contributed by atoms with Gasteiger partial charge >= 0.3 is 5.97 Å². The highest BCUT2D eigenvalue weighted by Gasteiger charge is 2.25. The number of methoxy groups -OCH3 is 1. The van der Waals surface area contributed by atoms with Crippen molar-refractivity contribution >= 4 is 33.2 Å². The van der Waals surface area contributed by atoms with E-state index < -0.39 is 22.0 Å². The minimum atomic E-state index is -3.54. The van der Waals surface area contributed by atoms with E-state index in [0.29, 0.717) is 0 Å². The minimum absolute atomic E-state index is 0.0872. The highest BCUT2D eigenvalue weighted by atomic mass is 32.2. The molecule has 0 aromatic rings. The third kappa shape index (κ3) is 4.42. The van der Waals surface area contributed by atoms with Crippen molar-refractivity contribution in [1.29, 1.82) is 0 Å². The van der Waals surface area contributed by atoms with Crippen molar-refractivity contribution in [3.8, 4) is 0 Å². The van der Waals surface area contributed by atoms with Crippen LogP contribution in [0.4, 0.5) is 0 Å². The average Bonchev–Trinajstić information content (AvgIpc) is 2.23. The summed E-state index contributed by atoms with van der Waals surface area (Å²) in [5.41, 5.74) is 5.35. The van der Waals surface area contributed by atoms with Crippen molar-refractivity contribution in [3.63, 3.8) is 0 Å². The Morgan fingerprint density at radius 2 is 2.06 bits per heavy atom. The summed E-state index contributed by atoms with van der Waals surface area (Å²) in [4.78, 5) is 10.9. The Labute approximate surface area is 101 Å². The maximum atomic E-state index is 11.7. The van der Waals surface area contributed by atoms with E-state index in [4.69, 9.17) is 18.0 Å². The second-order valence-corrected chi connectivity index (χ2v) is 5.86. The molecule has 0 aliphatic heterocycles. The zero-order chi connectivity index (χ0) is 12.9. The van der Waals surface area contributed by atoms with Crippen LogP contribution in [0.3, 0.4) is 0 Å². The number of esters is 1. The Morgan fingerprint density at radius 3 is 2.44 bits per heavy atom. The van der Waals surface area contributed by atoms with Gasteiger partial charge in [-0.2, -0.15) is 4.31 Å². The summed E-state index contributed by atoms with van der Waals surface area (Å²) in [6, 6.07) is -0.572. The van der Waals surface area contributed by atoms with Crippen LogP contribution in [0.2, 0.25) is 0 Å². The molecule has 2 N–H and O–H groups in total. The molecule has 0 aliphatic rings. The number of nitrogens with two attached hydrogens (primary N) is 1. The Bertz CT molecular complexity index is 366. The Kier molecular flexibility index (Phi) is 5.84. The van der Waals surface area contributed by atoms with Gasteiger partial charge in [0.25, 0.3) is 0 Å². The molecule has 1 unspecified atom stereocenters. The van der Waals surface area contributed by atoms with Crippen LogP contribution < -0.4 is 5.73 Å². The van der Waals surface area contributed by atoms with E-state index in [9.17, 15) is 13.2 Å². The van der Waals surface area contributed by atoms with Crippen LogP contribution in [0.15, 0.2) is 0 Å². The highest BCUT2D eigenvalue weighted by molar-refractivity contribution is 7.89. The number of nitrogens with zero attached hydrogens (tertiary/aromatic N) is 1. The molecule has 0 aliphatic carbocycles. The number of ether oxygens (including phenoxy) is 1. The van der Waals surface area contributed by atoms with Crippen LogP contribution in [0.5, 0.6) is 0 Å². The molecular formula is C8H16N2O4S2. The molecule has 0 saturated heterocycles. The van der Waals surface area contributed by atoms with E-state index >= 15 is 0 Å². The number of rotatable bonds is 6. The molecule has 0 amide bonds. The van der Waals surface area contributed by atoms with E-state index in [-0.39, 0.29) is 17.2 Å². The Morgan fingerprint density at radius 1 is 1.56 bits per heavy atom. The van der Waals surface area contributed by atoms with Gasteiger partial charge in [0.1, 0.15) is 0 Å². The van der Waals surface area contributed by atoms with E-state index in [2.05, 4.69) is 4.74 Å². The molecule has 0 aromatic carbocycles. The number of thiocarbonyl (C=S) groups is 1. The van der Waals surface area contributed by atoms with Gasteiger partial charge in [-0.3, -0.25) is 4.79 Å². The van der Waals surface area contributed by atoms with Crippen molar-refractivity contribution in [2.24, 2.45) is 5.73 Å². The molecule has 6 nitrogen and oxygen atoms in total. The molecule has 1 atom stereocenters. The normalized spacial score (nSPS) is 13.5. The maximum absolute atomic E-state index is 11.7. The van der Waals surface area contributed by atoms with Gasteiger partial charge in [-0.15, -0.1) is 0 Å². The monoisotopic (exact) mass is 268 g/mol. The molecule has 0 saturated carbocycles. The van der Waals surface area contributed by atoms with Gasteiger partial charge in [0.2, 0.25) is 10.0 Å². The third-order valence-electron chi connectivity index (χ3n) is 2.19. The van der Waals surface area contributed by atoms with Gasteiger partial charge in [0, 0.05) is 7.05 Å². The van der Waals surface area contributed by atoms with Gasteiger partial charge in [-0.25, -0.2) is 8.42 Å². The van der Waals surface area contributed by atoms with Crippen molar-refractivity contribution in [2.75, 3.05) is 19.9 Å². The third-order valence-corrected chi connectivity index (χ3v) is 4.44. The summed E-state index contributed by atoms with van der Waals surface area (Å²) in [5, 5.41) is 0. The average molecular weight is 268 g/mol. The van der Waals surface area contributed by atoms with Crippen molar-refractivity contribution in [2.45, 2.75) is 19.4 Å². The van der Waals surface area contributed by atoms with E-state index in [1.807, 2.05) is 0 Å². The number of sulfonamides is 1. The zero-order valence-corrected chi connectivity index (χ0v) is 11.1. The standard InChI is InChI=1S/C8H16N2O4S2/c1-6(8(9)15)10(2)16(12,13)5-4-7(11)14-3/h6H,4-5H2,1-3H3,(H2,9,15). The number of hydrogen-bond donors (Lipinski definition) is 1. The molecule has 0 radical (unpaired) electrons. The molecule has 0 spiro atoms. The van der Waals surface area contributed by atoms with Crippen LogP contribution in [-0.2, 0) is 19.6 Å². The zero-order valence-electron chi connectivity index (χ0n) is 9.47. The van der Waals surface area contributed by atoms with Crippen LogP contribution in [0, 0.1) is 0 Å². The molecule has 0 fully saturated rings. The van der Waals surface area contributed by atoms with E-state index in [1.165, 1.54) is 14.2 Å². The van der Waals surface area contributed by atoms with Crippen LogP contribution >= 0.6 is 12.2 Å². The SMILES string of the molecule is COC(=O)CCS(=O)(=O)N(C)C(C)C(N)=S. The fourth-order valence-corrected chi connectivity index (χ4v) is 2.41. The summed E-state index contributed by atoms with van der Waals surface area (Å²) >= 11 is 4.70. The Balaban J connectivity index is 4.55. The molecule has 0 aromatic heterocycles. The fourth-order valence-electron chi connectivity index (χ4n) is 0.878. The van der Waals surface area contributed by atoms with E-state index in [0.717, 1.165) is 4.31 Å². The molecule has 0 rings (SSSR count). The summed E-state index contributed by atoms with van der Waals surface area (Å²) in [6.07, 6.45) is -0.187. The molecule has 16 heavy (non-hydrogen) atoms. The summed E-state index contributed by atoms with van der Waals surface area (Å²) in [6.45, 7) is 1.58. The number of hydrogen-bond acceptors (Lipinski definition) is 5. The maximum Gasteiger partial charge on any atom is 0.306 e. The first-order valence-corrected chi connectivity index (χ1v) is 6.56. The second-order valence-electron chi connectivity index (χ2n) is 3.24. The van der Waals surface area contributed by atoms with Crippen molar-refractivity contribution in [3.05, 3.63) is 0 Å². The van der Waals surface area contributed by atoms with Crippen LogP contribution in [-0.4, -0.2) is 49.6 Å². The molecule has 94 valence electrons. The summed E-state index contributed by atoms with van der Waals surface area (Å²) in [5.74, 6) is -0.886. The first-order chi connectivity index (χ1) is 7.22. The topological polar surface area (TPSA) is 89.7 Å². The van der Waals surface area contributed by atoms with Gasteiger partial charge in [-0.1, -0.05) is 12.2 Å². The summed E-state index contributed by atoms with van der Waals surface area (Å²) in [7, 11) is -0.969. The molecule has 0 bridgehead atoms. The minimum Gasteiger partial charge on any atom is -0.469 e. The Hall–Kier alpha value is -0.730. The fraction of sp³-hybridized carbons (Fsp3) is 0.750. The predicted molar refractivity (Wildman–Crippen MR) is 64.4 cm³/mol. The molecule has 8 heteroatoms. The van der Waals surface area contributed by atoms with Gasteiger partial charge in [-0.05, 0) is 6.92 Å². The first-order valence-electron chi connectivity index (χ1n) is 4.54. The smallest absolute Gasteiger partial charge is 0.306 e. The van der Waals surface area contributed by atoms with Crippen molar-refractivity contribution in [1.82, 2.24) is 4.31 Å². The summed E-state index contributed by atoms with van der Waals surface area (Å²) < 4.78 is 28.8. The molecule has 0 heterocycles. The lowest BCUT2D eigenvalue weighted by Gasteiger charge is -2.22. The van der Waals surface area contributed by atoms with Crippen molar-refractivity contribution < 1.29 is 17.9 Å². The highest BCUT2D eigenvalue weighted by Crippen LogP contribution is 2.06. The van der Waals surface area contributed by atoms with Gasteiger partial charge in [0.05, 0.1) is 30.3 Å². The van der Waals surface area contributed by atoms with Gasteiger partial charge < -0.3 is 10.5 Å². The number of carbonyl (C=O) groups excluding carboxylic acids is 1. The second kappa shape index (κ2) is 6.12. The predicted octanol–water partition coefficient (Wildman–Crippen LogP) is -0.514.